The summed E-state index contributed by atoms with van der Waals surface area (Å²) in [6.07, 6.45) is 4.13. The maximum atomic E-state index is 10.6. The molecule has 0 saturated carbocycles. The van der Waals surface area contributed by atoms with Crippen LogP contribution in [0.4, 0.5) is 0 Å². The van der Waals surface area contributed by atoms with Gasteiger partial charge in [0.25, 0.3) is 0 Å². The van der Waals surface area contributed by atoms with Gasteiger partial charge in [-0.15, -0.1) is 5.10 Å². The first kappa shape index (κ1) is 14.2. The molecule has 112 valence electrons. The normalized spacial score (nSPS) is 22.8. The van der Waals surface area contributed by atoms with E-state index in [-0.39, 0.29) is 6.61 Å². The van der Waals surface area contributed by atoms with Gasteiger partial charge in [0.1, 0.15) is 0 Å². The summed E-state index contributed by atoms with van der Waals surface area (Å²) in [7, 11) is 0. The minimum atomic E-state index is -0.737. The highest BCUT2D eigenvalue weighted by atomic mass is 16.3. The molecule has 1 aliphatic rings. The van der Waals surface area contributed by atoms with Crippen LogP contribution in [-0.4, -0.2) is 48.8 Å². The van der Waals surface area contributed by atoms with E-state index in [1.54, 1.807) is 17.1 Å². The van der Waals surface area contributed by atoms with Gasteiger partial charge in [0, 0.05) is 25.8 Å². The van der Waals surface area contributed by atoms with E-state index >= 15 is 0 Å². The summed E-state index contributed by atoms with van der Waals surface area (Å²) in [4.78, 5) is 2.24. The van der Waals surface area contributed by atoms with Crippen LogP contribution in [0.1, 0.15) is 17.5 Å². The predicted octanol–water partition coefficient (Wildman–Crippen LogP) is 0.407. The number of aliphatic hydroxyl groups is 2. The third kappa shape index (κ3) is 3.47. The van der Waals surface area contributed by atoms with Crippen molar-refractivity contribution < 1.29 is 10.2 Å². The number of rotatable bonds is 5. The van der Waals surface area contributed by atoms with Crippen molar-refractivity contribution in [2.75, 3.05) is 13.1 Å². The van der Waals surface area contributed by atoms with Crippen LogP contribution in [0.2, 0.25) is 0 Å². The van der Waals surface area contributed by atoms with Crippen molar-refractivity contribution in [1.29, 1.82) is 0 Å². The largest absolute Gasteiger partial charge is 0.392 e. The number of benzene rings is 1. The lowest BCUT2D eigenvalue weighted by Crippen LogP contribution is -2.37. The van der Waals surface area contributed by atoms with E-state index in [0.29, 0.717) is 13.1 Å². The minimum Gasteiger partial charge on any atom is -0.392 e. The lowest BCUT2D eigenvalue weighted by Gasteiger charge is -2.23. The first-order valence-electron chi connectivity index (χ1n) is 7.14. The van der Waals surface area contributed by atoms with Gasteiger partial charge < -0.3 is 10.2 Å². The number of likely N-dealkylation sites (tertiary alicyclic amines) is 1. The van der Waals surface area contributed by atoms with E-state index in [1.165, 1.54) is 5.56 Å². The number of hydrogen-bond donors (Lipinski definition) is 2. The zero-order chi connectivity index (χ0) is 14.7. The molecule has 1 fully saturated rings. The molecule has 6 nitrogen and oxygen atoms in total. The maximum Gasteiger partial charge on any atom is 0.0981 e. The topological polar surface area (TPSA) is 74.4 Å². The molecule has 3 rings (SSSR count). The molecular formula is C15H20N4O2. The molecule has 1 aliphatic heterocycles. The smallest absolute Gasteiger partial charge is 0.0981 e. The average molecular weight is 288 g/mol. The predicted molar refractivity (Wildman–Crippen MR) is 77.2 cm³/mol. The van der Waals surface area contributed by atoms with Gasteiger partial charge in [0.05, 0.1) is 24.9 Å². The van der Waals surface area contributed by atoms with E-state index in [0.717, 1.165) is 25.1 Å². The molecule has 0 bridgehead atoms. The van der Waals surface area contributed by atoms with Crippen LogP contribution >= 0.6 is 0 Å². The molecule has 2 N–H and O–H groups in total. The summed E-state index contributed by atoms with van der Waals surface area (Å²) in [5, 5.41) is 27.4. The Bertz CT molecular complexity index is 570. The van der Waals surface area contributed by atoms with E-state index in [1.807, 2.05) is 24.3 Å². The van der Waals surface area contributed by atoms with Crippen LogP contribution in [0.3, 0.4) is 0 Å². The Morgan fingerprint density at radius 3 is 2.62 bits per heavy atom. The van der Waals surface area contributed by atoms with Crippen LogP contribution < -0.4 is 0 Å². The summed E-state index contributed by atoms with van der Waals surface area (Å²) in [6.45, 7) is 2.86. The molecule has 0 spiro atoms. The standard InChI is InChI=1S/C15H20N4O2/c20-10-14-3-1-13(2-4-14)9-18-7-5-15(21,11-18)12-19-8-6-16-17-19/h1-4,6,8,20-21H,5,7,9-12H2. The van der Waals surface area contributed by atoms with Crippen LogP contribution in [0.15, 0.2) is 36.7 Å². The molecule has 1 saturated heterocycles. The second kappa shape index (κ2) is 5.93. The van der Waals surface area contributed by atoms with E-state index in [2.05, 4.69) is 15.2 Å². The molecule has 0 aliphatic carbocycles. The lowest BCUT2D eigenvalue weighted by molar-refractivity contribution is 0.0274. The molecule has 21 heavy (non-hydrogen) atoms. The van der Waals surface area contributed by atoms with Gasteiger partial charge in [0.15, 0.2) is 0 Å². The van der Waals surface area contributed by atoms with Crippen LogP contribution in [0.25, 0.3) is 0 Å². The highest BCUT2D eigenvalue weighted by Gasteiger charge is 2.36. The minimum absolute atomic E-state index is 0.0711. The third-order valence-corrected chi connectivity index (χ3v) is 3.95. The van der Waals surface area contributed by atoms with E-state index < -0.39 is 5.60 Å². The van der Waals surface area contributed by atoms with Crippen molar-refractivity contribution in [2.45, 2.75) is 31.7 Å². The molecule has 2 aromatic rings. The van der Waals surface area contributed by atoms with Gasteiger partial charge in [-0.05, 0) is 17.5 Å². The fourth-order valence-electron chi connectivity index (χ4n) is 2.83. The van der Waals surface area contributed by atoms with Crippen molar-refractivity contribution in [1.82, 2.24) is 19.9 Å². The summed E-state index contributed by atoms with van der Waals surface area (Å²) >= 11 is 0. The fraction of sp³-hybridized carbons (Fsp3) is 0.467. The Balaban J connectivity index is 1.58. The number of aromatic nitrogens is 3. The van der Waals surface area contributed by atoms with Gasteiger partial charge in [-0.3, -0.25) is 4.90 Å². The molecule has 2 heterocycles. The van der Waals surface area contributed by atoms with E-state index in [9.17, 15) is 5.11 Å². The number of β-amino-alcohol motifs (C(OH)–C–C–N with tert-alkyl or cyclic N) is 1. The summed E-state index contributed by atoms with van der Waals surface area (Å²) in [5.74, 6) is 0. The molecule has 1 unspecified atom stereocenters. The first-order chi connectivity index (χ1) is 10.2. The number of aliphatic hydroxyl groups excluding tert-OH is 1. The molecule has 1 atom stereocenters. The Morgan fingerprint density at radius 1 is 1.19 bits per heavy atom. The van der Waals surface area contributed by atoms with Crippen LogP contribution in [-0.2, 0) is 19.7 Å². The Labute approximate surface area is 123 Å². The summed E-state index contributed by atoms with van der Waals surface area (Å²) in [5.41, 5.74) is 1.37. The van der Waals surface area contributed by atoms with Gasteiger partial charge in [-0.2, -0.15) is 0 Å². The fourth-order valence-corrected chi connectivity index (χ4v) is 2.83. The molecular weight excluding hydrogens is 268 g/mol. The number of nitrogens with zero attached hydrogens (tertiary/aromatic N) is 4. The quantitative estimate of drug-likeness (QED) is 0.833. The van der Waals surface area contributed by atoms with Gasteiger partial charge in [0.2, 0.25) is 0 Å². The lowest BCUT2D eigenvalue weighted by atomic mass is 10.0. The van der Waals surface area contributed by atoms with Crippen LogP contribution in [0, 0.1) is 0 Å². The zero-order valence-corrected chi connectivity index (χ0v) is 11.9. The Kier molecular flexibility index (Phi) is 4.01. The van der Waals surface area contributed by atoms with Crippen molar-refractivity contribution in [3.63, 3.8) is 0 Å². The first-order valence-corrected chi connectivity index (χ1v) is 7.14. The molecule has 1 aromatic heterocycles. The van der Waals surface area contributed by atoms with Crippen molar-refractivity contribution in [3.05, 3.63) is 47.8 Å². The molecule has 0 radical (unpaired) electrons. The second-order valence-corrected chi connectivity index (χ2v) is 5.76. The van der Waals surface area contributed by atoms with Gasteiger partial charge >= 0.3 is 0 Å². The summed E-state index contributed by atoms with van der Waals surface area (Å²) in [6, 6.07) is 7.93. The van der Waals surface area contributed by atoms with Gasteiger partial charge in [-0.25, -0.2) is 4.68 Å². The highest BCUT2D eigenvalue weighted by Crippen LogP contribution is 2.24. The molecule has 1 aromatic carbocycles. The monoisotopic (exact) mass is 288 g/mol. The highest BCUT2D eigenvalue weighted by molar-refractivity contribution is 5.22. The second-order valence-electron chi connectivity index (χ2n) is 5.76. The van der Waals surface area contributed by atoms with Crippen molar-refractivity contribution >= 4 is 0 Å². The zero-order valence-electron chi connectivity index (χ0n) is 11.9. The molecule has 6 heteroatoms. The average Bonchev–Trinajstić information content (AvgIpc) is 3.10. The Morgan fingerprint density at radius 2 is 1.95 bits per heavy atom. The molecule has 0 amide bonds. The maximum absolute atomic E-state index is 10.6. The summed E-state index contributed by atoms with van der Waals surface area (Å²) < 4.78 is 1.68. The third-order valence-electron chi connectivity index (χ3n) is 3.95. The number of hydrogen-bond acceptors (Lipinski definition) is 5. The van der Waals surface area contributed by atoms with Crippen molar-refractivity contribution in [3.8, 4) is 0 Å². The van der Waals surface area contributed by atoms with Crippen molar-refractivity contribution in [2.24, 2.45) is 0 Å². The van der Waals surface area contributed by atoms with E-state index in [4.69, 9.17) is 5.11 Å². The van der Waals surface area contributed by atoms with Gasteiger partial charge in [-0.1, -0.05) is 29.5 Å². The SMILES string of the molecule is OCc1ccc(CN2CCC(O)(Cn3ccnn3)C2)cc1. The Hall–Kier alpha value is -1.76. The van der Waals surface area contributed by atoms with Crippen LogP contribution in [0.5, 0.6) is 0 Å².